The van der Waals surface area contributed by atoms with Gasteiger partial charge >= 0.3 is 11.9 Å². The van der Waals surface area contributed by atoms with E-state index in [9.17, 15) is 39.0 Å². The lowest BCUT2D eigenvalue weighted by Gasteiger charge is -2.50. The number of esters is 2. The molecule has 18 heteroatoms. The fourth-order valence-corrected chi connectivity index (χ4v) is 13.8. The van der Waals surface area contributed by atoms with E-state index < -0.39 is 107 Å². The first-order chi connectivity index (χ1) is 39.6. The van der Waals surface area contributed by atoms with Crippen molar-refractivity contribution >= 4 is 40.9 Å². The molecule has 9 aliphatic rings. The molecule has 3 saturated heterocycles. The van der Waals surface area contributed by atoms with Crippen LogP contribution in [0.1, 0.15) is 131 Å². The van der Waals surface area contributed by atoms with E-state index >= 15 is 0 Å². The number of para-hydroxylation sites is 1. The van der Waals surface area contributed by atoms with Crippen molar-refractivity contribution in [3.8, 4) is 0 Å². The van der Waals surface area contributed by atoms with Gasteiger partial charge in [0.05, 0.1) is 35.5 Å². The average Bonchev–Trinajstić information content (AvgIpc) is 2.56. The predicted octanol–water partition coefficient (Wildman–Crippen LogP) is 8.00. The van der Waals surface area contributed by atoms with Crippen molar-refractivity contribution in [3.05, 3.63) is 95.9 Å². The Balaban J connectivity index is 1.08. The first-order valence-corrected chi connectivity index (χ1v) is 30.0. The molecule has 8 aliphatic heterocycles. The lowest BCUT2D eigenvalue weighted by atomic mass is 9.68. The molecule has 17 atom stereocenters. The van der Waals surface area contributed by atoms with Crippen molar-refractivity contribution in [2.45, 2.75) is 199 Å². The third-order valence-electron chi connectivity index (χ3n) is 18.6. The Morgan fingerprint density at radius 3 is 2.29 bits per heavy atom. The van der Waals surface area contributed by atoms with Crippen LogP contribution in [0.2, 0.25) is 0 Å². The number of rotatable bonds is 10. The summed E-state index contributed by atoms with van der Waals surface area (Å²) in [7, 11) is 4.55. The summed E-state index contributed by atoms with van der Waals surface area (Å²) in [6.45, 7) is 12.9. The Kier molecular flexibility index (Phi) is 21.2. The molecule has 0 spiro atoms. The minimum absolute atomic E-state index is 0.0457. The number of carbonyl (C=O) groups is 6. The monoisotopic (exact) mass is 1150 g/mol. The Labute approximate surface area is 489 Å². The summed E-state index contributed by atoms with van der Waals surface area (Å²) in [5, 5.41) is 25.8. The predicted molar refractivity (Wildman–Crippen MR) is 308 cm³/mol. The van der Waals surface area contributed by atoms with Crippen molar-refractivity contribution in [1.29, 1.82) is 0 Å². The van der Waals surface area contributed by atoms with E-state index in [1.807, 2.05) is 100 Å². The third kappa shape index (κ3) is 14.8. The number of aromatic nitrogens is 1. The van der Waals surface area contributed by atoms with E-state index in [-0.39, 0.29) is 61.2 Å². The summed E-state index contributed by atoms with van der Waals surface area (Å²) < 4.78 is 36.6. The number of aliphatic hydroxyl groups is 2. The smallest absolute Gasteiger partial charge is 0.329 e. The van der Waals surface area contributed by atoms with E-state index in [1.165, 1.54) is 12.0 Å². The number of piperidine rings is 1. The number of Topliss-reactive ketones (excluding diaryl/α,β-unsaturated/α-hetero) is 3. The van der Waals surface area contributed by atoms with Crippen LogP contribution in [0.5, 0.6) is 0 Å². The van der Waals surface area contributed by atoms with Crippen molar-refractivity contribution in [1.82, 2.24) is 9.88 Å². The number of methoxy groups -OCH3 is 3. The lowest BCUT2D eigenvalue weighted by molar-refractivity contribution is -0.245. The number of hydrogen-bond donors (Lipinski definition) is 2. The number of ether oxygens (including phenoxy) is 6. The highest BCUT2D eigenvalue weighted by Gasteiger charge is 2.56. The first kappa shape index (κ1) is 63.5. The fourth-order valence-electron chi connectivity index (χ4n) is 13.8. The molecular formula is C65H89N3O15. The van der Waals surface area contributed by atoms with Crippen LogP contribution >= 0.6 is 0 Å². The molecule has 1 aliphatic carbocycles. The standard InChI is InChI=1S/C65H89N3O15/c1-38-30-41(4)57(70)59(79-10)58(71)42(5)31-39(2)51(69)36-54-49(33-43-23-26-52(55(34-43)78-9)81-63(75)64(6,7)37-44-18-14-15-28-66-44)48-22-17-29-67(56(48)62(74)80-54)61(73)60(72)65(76)27-16-21-46(82-65)35-53(77-8)40(3)32-47-24-25-50(38)68(83-47)45-19-12-11-13-20-45/h11-15,18-20,24-25,28,31-32,38-39,41,43,46-50,52-56,58-59,71,76H,16-17,21-23,26-27,29-30,33-37H2,1-10H3/b40-32?,42-31+/t38-,39+,41?,43-,46-,47?,48?,49-,50?,52?,53-,54-,55+,56?,58?,59-,65?/m0/s1. The second-order valence-electron chi connectivity index (χ2n) is 25.1. The van der Waals surface area contributed by atoms with Crippen LogP contribution in [-0.4, -0.2) is 150 Å². The zero-order valence-corrected chi connectivity index (χ0v) is 50.2. The Morgan fingerprint density at radius 1 is 0.843 bits per heavy atom. The third-order valence-corrected chi connectivity index (χ3v) is 18.6. The molecule has 11 rings (SSSR count). The van der Waals surface area contributed by atoms with Crippen LogP contribution in [0.4, 0.5) is 5.69 Å². The Morgan fingerprint density at radius 2 is 1.59 bits per heavy atom. The zero-order chi connectivity index (χ0) is 59.9. The zero-order valence-electron chi connectivity index (χ0n) is 50.2. The minimum atomic E-state index is -2.47. The number of pyridine rings is 1. The maximum Gasteiger partial charge on any atom is 0.329 e. The average molecular weight is 1150 g/mol. The van der Waals surface area contributed by atoms with Crippen LogP contribution in [0, 0.1) is 40.9 Å². The van der Waals surface area contributed by atoms with Crippen LogP contribution in [0.25, 0.3) is 0 Å². The number of hydrogen-bond acceptors (Lipinski definition) is 17. The maximum atomic E-state index is 14.7. The van der Waals surface area contributed by atoms with Crippen molar-refractivity contribution in [2.75, 3.05) is 32.9 Å². The second kappa shape index (κ2) is 27.7. The maximum absolute atomic E-state index is 14.7. The molecule has 1 aromatic carbocycles. The number of hydroxylamine groups is 1. The molecule has 9 heterocycles. The van der Waals surface area contributed by atoms with Gasteiger partial charge in [0.1, 0.15) is 42.3 Å². The summed E-state index contributed by atoms with van der Waals surface area (Å²) in [5.74, 6) is -8.89. The van der Waals surface area contributed by atoms with E-state index in [1.54, 1.807) is 40.3 Å². The summed E-state index contributed by atoms with van der Waals surface area (Å²) in [5.41, 5.74) is 1.88. The van der Waals surface area contributed by atoms with Gasteiger partial charge in [0, 0.05) is 83.2 Å². The number of nitrogens with zero attached hydrogens (tertiary/aromatic N) is 3. The van der Waals surface area contributed by atoms with E-state index in [0.29, 0.717) is 69.8 Å². The fraction of sp³-hybridized carbons (Fsp3) is 0.646. The van der Waals surface area contributed by atoms with Crippen LogP contribution in [0.3, 0.4) is 0 Å². The Bertz CT molecular complexity index is 2700. The molecule has 1 amide bonds. The SMILES string of the molecule is CO[C@H]1C[C@@H]2CCCC(O)(O2)C(=O)C(=O)N2CCCC3C2C(=O)O[C@@H](CC(=O)[C@H](C)/C=C(\C)C(O)[C@@H](OC)C(=O)C(C)C[C@H](C)C2C=CC(C=C1C)ON2c1ccccc1)[C@H]3C[C@@H]1CCC(OC(=O)C(C)(C)Cc2ccccn2)[C@H](OC)C1. The summed E-state index contributed by atoms with van der Waals surface area (Å²) in [6.07, 6.45) is 7.61. The van der Waals surface area contributed by atoms with Gasteiger partial charge in [0.2, 0.25) is 5.79 Å². The molecule has 8 bridgehead atoms. The van der Waals surface area contributed by atoms with Gasteiger partial charge in [-0.3, -0.25) is 33.8 Å². The highest BCUT2D eigenvalue weighted by Crippen LogP contribution is 2.46. The number of ketones is 3. The van der Waals surface area contributed by atoms with E-state index in [4.69, 9.17) is 33.3 Å². The van der Waals surface area contributed by atoms with Gasteiger partial charge < -0.3 is 43.5 Å². The second-order valence-corrected chi connectivity index (χ2v) is 25.1. The molecule has 4 fully saturated rings. The van der Waals surface area contributed by atoms with Gasteiger partial charge in [0.25, 0.3) is 11.7 Å². The minimum Gasteiger partial charge on any atom is -0.460 e. The number of allylic oxidation sites excluding steroid dienone is 1. The number of carbonyl (C=O) groups excluding carboxylic acids is 6. The van der Waals surface area contributed by atoms with Crippen LogP contribution in [-0.2, 0) is 68.4 Å². The molecule has 0 radical (unpaired) electrons. The topological polar surface area (TPSA) is 227 Å². The van der Waals surface area contributed by atoms with Gasteiger partial charge in [-0.1, -0.05) is 63.3 Å². The molecule has 18 nitrogen and oxygen atoms in total. The van der Waals surface area contributed by atoms with Gasteiger partial charge in [0.15, 0.2) is 5.78 Å². The van der Waals surface area contributed by atoms with Crippen LogP contribution in [0.15, 0.2) is 90.2 Å². The molecule has 8 unspecified atom stereocenters. The van der Waals surface area contributed by atoms with Gasteiger partial charge in [-0.05, 0) is 145 Å². The quantitative estimate of drug-likeness (QED) is 0.130. The highest BCUT2D eigenvalue weighted by molar-refractivity contribution is 6.39. The molecule has 83 heavy (non-hydrogen) atoms. The highest BCUT2D eigenvalue weighted by atomic mass is 16.7. The number of amides is 1. The van der Waals surface area contributed by atoms with Crippen molar-refractivity contribution < 1.29 is 72.2 Å². The molecule has 454 valence electrons. The van der Waals surface area contributed by atoms with Crippen molar-refractivity contribution in [2.24, 2.45) is 40.9 Å². The molecule has 2 aromatic rings. The molecule has 1 saturated carbocycles. The number of anilines is 1. The van der Waals surface area contributed by atoms with Gasteiger partial charge in [-0.25, -0.2) is 9.86 Å². The van der Waals surface area contributed by atoms with Gasteiger partial charge in [-0.2, -0.15) is 0 Å². The Hall–Kier alpha value is -5.47. The molecule has 1 aromatic heterocycles. The lowest BCUT2D eigenvalue weighted by Crippen LogP contribution is -2.64. The first-order valence-electron chi connectivity index (χ1n) is 30.0. The normalized spacial score (nSPS) is 36.3. The van der Waals surface area contributed by atoms with E-state index in [2.05, 4.69) is 11.1 Å². The van der Waals surface area contributed by atoms with E-state index in [0.717, 1.165) is 17.0 Å². The van der Waals surface area contributed by atoms with Gasteiger partial charge in [-0.15, -0.1) is 0 Å². The summed E-state index contributed by atoms with van der Waals surface area (Å²) in [6, 6.07) is 13.8. The largest absolute Gasteiger partial charge is 0.460 e. The molecular weight excluding hydrogens is 1060 g/mol. The summed E-state index contributed by atoms with van der Waals surface area (Å²) >= 11 is 0. The molecule has 2 N–H and O–H groups in total. The number of aliphatic hydroxyl groups excluding tert-OH is 1. The van der Waals surface area contributed by atoms with Crippen molar-refractivity contribution in [3.63, 3.8) is 0 Å². The van der Waals surface area contributed by atoms with Crippen LogP contribution < -0.4 is 5.06 Å². The number of benzene rings is 1. The summed E-state index contributed by atoms with van der Waals surface area (Å²) in [4.78, 5) is 98.9.